The first-order valence-electron chi connectivity index (χ1n) is 11.7. The third-order valence-electron chi connectivity index (χ3n) is 5.83. The maximum atomic E-state index is 13.9. The van der Waals surface area contributed by atoms with E-state index in [-0.39, 0.29) is 29.7 Å². The second kappa shape index (κ2) is 11.7. The summed E-state index contributed by atoms with van der Waals surface area (Å²) in [6.45, 7) is 0.363. The summed E-state index contributed by atoms with van der Waals surface area (Å²) >= 11 is 1.33. The van der Waals surface area contributed by atoms with Crippen molar-refractivity contribution in [3.8, 4) is 5.75 Å². The predicted octanol–water partition coefficient (Wildman–Crippen LogP) is 5.61. The molecule has 7 nitrogen and oxygen atoms in total. The fourth-order valence-corrected chi connectivity index (χ4v) is 5.74. The normalized spacial score (nSPS) is 11.2. The molecule has 0 aliphatic carbocycles. The summed E-state index contributed by atoms with van der Waals surface area (Å²) in [6, 6.07) is 21.0. The summed E-state index contributed by atoms with van der Waals surface area (Å²) in [7, 11) is 1.39. The van der Waals surface area contributed by atoms with E-state index in [9.17, 15) is 17.6 Å². The van der Waals surface area contributed by atoms with Gasteiger partial charge in [-0.05, 0) is 77.2 Å². The molecule has 0 spiro atoms. The maximum absolute atomic E-state index is 13.9. The smallest absolute Gasteiger partial charge is 0.264 e. The topological polar surface area (TPSA) is 79.0 Å². The Morgan fingerprint density at radius 3 is 2.37 bits per heavy atom. The van der Waals surface area contributed by atoms with Gasteiger partial charge in [0.2, 0.25) is 0 Å². The van der Waals surface area contributed by atoms with E-state index >= 15 is 0 Å². The minimum atomic E-state index is -3.86. The molecule has 1 amide bonds. The van der Waals surface area contributed by atoms with Gasteiger partial charge in [0.05, 0.1) is 16.9 Å². The van der Waals surface area contributed by atoms with Gasteiger partial charge in [0.15, 0.2) is 0 Å². The Kier molecular flexibility index (Phi) is 8.33. The van der Waals surface area contributed by atoms with Crippen LogP contribution in [0.4, 0.5) is 15.8 Å². The van der Waals surface area contributed by atoms with Gasteiger partial charge in [-0.1, -0.05) is 18.2 Å². The molecule has 1 heterocycles. The number of halogens is 1. The van der Waals surface area contributed by atoms with E-state index in [1.165, 1.54) is 42.7 Å². The lowest BCUT2D eigenvalue weighted by Gasteiger charge is -2.26. The number of methoxy groups -OCH3 is 1. The fourth-order valence-electron chi connectivity index (χ4n) is 4.00. The van der Waals surface area contributed by atoms with Gasteiger partial charge < -0.3 is 14.5 Å². The average Bonchev–Trinajstić information content (AvgIpc) is 3.43. The lowest BCUT2D eigenvalue weighted by molar-refractivity contribution is 0.0735. The van der Waals surface area contributed by atoms with E-state index in [4.69, 9.17) is 4.74 Å². The van der Waals surface area contributed by atoms with Crippen molar-refractivity contribution >= 4 is 38.6 Å². The molecule has 4 aromatic rings. The number of amides is 1. The van der Waals surface area contributed by atoms with Gasteiger partial charge in [0.25, 0.3) is 15.9 Å². The average molecular weight is 554 g/mol. The fraction of sp³-hybridized carbons (Fsp3) is 0.179. The highest BCUT2D eigenvalue weighted by molar-refractivity contribution is 7.92. The molecule has 198 valence electrons. The van der Waals surface area contributed by atoms with Gasteiger partial charge in [-0.2, -0.15) is 0 Å². The van der Waals surface area contributed by atoms with Crippen LogP contribution in [0.5, 0.6) is 5.75 Å². The number of nitrogens with zero attached hydrogens (tertiary/aromatic N) is 2. The zero-order valence-electron chi connectivity index (χ0n) is 21.2. The van der Waals surface area contributed by atoms with Crippen LogP contribution in [0.3, 0.4) is 0 Å². The molecule has 0 atom stereocenters. The highest BCUT2D eigenvalue weighted by atomic mass is 32.2. The highest BCUT2D eigenvalue weighted by Crippen LogP contribution is 2.28. The first kappa shape index (κ1) is 27.2. The van der Waals surface area contributed by atoms with Gasteiger partial charge in [-0.15, -0.1) is 11.3 Å². The van der Waals surface area contributed by atoms with E-state index in [1.54, 1.807) is 59.5 Å². The second-order valence-electron chi connectivity index (χ2n) is 8.79. The number of anilines is 2. The Bertz CT molecular complexity index is 1510. The van der Waals surface area contributed by atoms with Crippen LogP contribution in [-0.2, 0) is 23.1 Å². The Hall–Kier alpha value is -3.89. The zero-order valence-corrected chi connectivity index (χ0v) is 22.9. The van der Waals surface area contributed by atoms with Crippen molar-refractivity contribution < 1.29 is 22.3 Å². The minimum Gasteiger partial charge on any atom is -0.497 e. The number of hydrogen-bond donors (Lipinski definition) is 1. The Balaban J connectivity index is 1.67. The van der Waals surface area contributed by atoms with Crippen molar-refractivity contribution in [2.24, 2.45) is 0 Å². The molecule has 0 unspecified atom stereocenters. The van der Waals surface area contributed by atoms with Crippen molar-refractivity contribution in [2.45, 2.75) is 18.0 Å². The van der Waals surface area contributed by atoms with Crippen LogP contribution in [0, 0.1) is 5.82 Å². The summed E-state index contributed by atoms with van der Waals surface area (Å²) in [5.41, 5.74) is 2.56. The van der Waals surface area contributed by atoms with E-state index in [0.29, 0.717) is 21.9 Å². The summed E-state index contributed by atoms with van der Waals surface area (Å²) in [6.07, 6.45) is 0. The van der Waals surface area contributed by atoms with Gasteiger partial charge in [-0.25, -0.2) is 12.8 Å². The van der Waals surface area contributed by atoms with Gasteiger partial charge >= 0.3 is 0 Å². The molecule has 0 radical (unpaired) electrons. The summed E-state index contributed by atoms with van der Waals surface area (Å²) < 4.78 is 47.7. The minimum absolute atomic E-state index is 0.0946. The number of thiophene rings is 1. The molecule has 0 aliphatic rings. The molecule has 38 heavy (non-hydrogen) atoms. The largest absolute Gasteiger partial charge is 0.497 e. The zero-order chi connectivity index (χ0) is 27.3. The van der Waals surface area contributed by atoms with E-state index in [2.05, 4.69) is 4.72 Å². The Labute approximate surface area is 226 Å². The van der Waals surface area contributed by atoms with Crippen molar-refractivity contribution in [3.05, 3.63) is 106 Å². The summed E-state index contributed by atoms with van der Waals surface area (Å²) in [5, 5.41) is 1.83. The van der Waals surface area contributed by atoms with Crippen molar-refractivity contribution in [3.63, 3.8) is 0 Å². The van der Waals surface area contributed by atoms with Gasteiger partial charge in [-0.3, -0.25) is 9.52 Å². The third kappa shape index (κ3) is 6.51. The van der Waals surface area contributed by atoms with Crippen LogP contribution in [0.25, 0.3) is 0 Å². The van der Waals surface area contributed by atoms with Gasteiger partial charge in [0, 0.05) is 38.6 Å². The Morgan fingerprint density at radius 2 is 1.74 bits per heavy atom. The Morgan fingerprint density at radius 1 is 0.974 bits per heavy atom. The van der Waals surface area contributed by atoms with Crippen LogP contribution in [-0.4, -0.2) is 40.4 Å². The molecule has 0 fully saturated rings. The second-order valence-corrected chi connectivity index (χ2v) is 11.4. The number of carbonyl (C=O) groups excluding carboxylic acids is 1. The van der Waals surface area contributed by atoms with Crippen LogP contribution < -0.4 is 14.4 Å². The van der Waals surface area contributed by atoms with E-state index in [1.807, 2.05) is 24.4 Å². The molecular weight excluding hydrogens is 525 g/mol. The van der Waals surface area contributed by atoms with E-state index in [0.717, 1.165) is 11.3 Å². The molecule has 4 rings (SSSR count). The molecule has 0 bridgehead atoms. The molecule has 0 aliphatic heterocycles. The van der Waals surface area contributed by atoms with Crippen LogP contribution in [0.1, 0.15) is 20.8 Å². The number of ether oxygens (including phenoxy) is 1. The van der Waals surface area contributed by atoms with Crippen molar-refractivity contribution in [2.75, 3.05) is 30.8 Å². The molecule has 3 aromatic carbocycles. The number of hydrogen-bond acceptors (Lipinski definition) is 6. The highest BCUT2D eigenvalue weighted by Gasteiger charge is 2.21. The van der Waals surface area contributed by atoms with Crippen molar-refractivity contribution in [1.82, 2.24) is 4.90 Å². The quantitative estimate of drug-likeness (QED) is 0.276. The molecule has 1 N–H and O–H groups in total. The number of nitrogens with one attached hydrogen (secondary N) is 1. The third-order valence-corrected chi connectivity index (χ3v) is 8.08. The van der Waals surface area contributed by atoms with Crippen LogP contribution in [0.2, 0.25) is 0 Å². The van der Waals surface area contributed by atoms with E-state index < -0.39 is 10.0 Å². The lowest BCUT2D eigenvalue weighted by atomic mass is 10.1. The monoisotopic (exact) mass is 553 g/mol. The SMILES string of the molecule is COc1ccc(S(=O)(=O)Nc2ccc(N(C)C)c(CN(Cc3cccc(F)c3)C(=O)c3cccs3)c2)cc1. The lowest BCUT2D eigenvalue weighted by Crippen LogP contribution is -2.30. The molecule has 10 heteroatoms. The molecule has 1 aromatic heterocycles. The van der Waals surface area contributed by atoms with Crippen LogP contribution >= 0.6 is 11.3 Å². The first-order valence-corrected chi connectivity index (χ1v) is 14.1. The number of rotatable bonds is 10. The first-order chi connectivity index (χ1) is 18.2. The number of sulfonamides is 1. The molecular formula is C28H28FN3O4S2. The summed E-state index contributed by atoms with van der Waals surface area (Å²) in [4.78, 5) is 17.6. The summed E-state index contributed by atoms with van der Waals surface area (Å²) in [5.74, 6) is -0.0245. The predicted molar refractivity (Wildman–Crippen MR) is 149 cm³/mol. The number of benzene rings is 3. The van der Waals surface area contributed by atoms with Crippen molar-refractivity contribution in [1.29, 1.82) is 0 Å². The standard InChI is InChI=1S/C28H28FN3O4S2/c1-31(2)26-14-9-23(30-38(34,35)25-12-10-24(36-3)11-13-25)17-21(26)19-32(28(33)27-8-5-15-37-27)18-20-6-4-7-22(29)16-20/h4-17,30H,18-19H2,1-3H3. The number of carbonyl (C=O) groups is 1. The van der Waals surface area contributed by atoms with Gasteiger partial charge in [0.1, 0.15) is 11.6 Å². The molecule has 0 saturated heterocycles. The molecule has 0 saturated carbocycles. The van der Waals surface area contributed by atoms with Crippen LogP contribution in [0.15, 0.2) is 89.1 Å². The maximum Gasteiger partial charge on any atom is 0.264 e.